The molecular weight excluding hydrogens is 192 g/mol. The Morgan fingerprint density at radius 3 is 2.93 bits per heavy atom. The van der Waals surface area contributed by atoms with Crippen LogP contribution in [0.15, 0.2) is 0 Å². The van der Waals surface area contributed by atoms with Gasteiger partial charge in [0.05, 0.1) is 0 Å². The number of rotatable bonds is 4. The van der Waals surface area contributed by atoms with E-state index in [2.05, 4.69) is 15.5 Å². The highest BCUT2D eigenvalue weighted by atomic mass is 16.2. The van der Waals surface area contributed by atoms with E-state index in [4.69, 9.17) is 0 Å². The molecule has 2 fully saturated rings. The molecule has 0 bridgehead atoms. The van der Waals surface area contributed by atoms with Gasteiger partial charge in [-0.15, -0.1) is 0 Å². The zero-order valence-electron chi connectivity index (χ0n) is 9.33. The third-order valence-corrected chi connectivity index (χ3v) is 3.31. The topological polar surface area (TPSA) is 47.6 Å². The molecule has 0 aromatic carbocycles. The standard InChI is InChI=1S/C10H20N4O/c1-11-9-2-4-13(8-9)6-7-14-5-3-12-10(14)15/h9,11H,2-8H2,1H3,(H,12,15). The molecule has 0 radical (unpaired) electrons. The fraction of sp³-hybridized carbons (Fsp3) is 0.900. The van der Waals surface area contributed by atoms with Crippen LogP contribution in [-0.2, 0) is 0 Å². The number of nitrogens with one attached hydrogen (secondary N) is 2. The minimum Gasteiger partial charge on any atom is -0.336 e. The third kappa shape index (κ3) is 2.60. The summed E-state index contributed by atoms with van der Waals surface area (Å²) in [5.41, 5.74) is 0. The van der Waals surface area contributed by atoms with Crippen molar-refractivity contribution in [1.29, 1.82) is 0 Å². The van der Waals surface area contributed by atoms with Gasteiger partial charge in [0, 0.05) is 38.8 Å². The smallest absolute Gasteiger partial charge is 0.317 e. The van der Waals surface area contributed by atoms with Gasteiger partial charge in [-0.3, -0.25) is 4.90 Å². The van der Waals surface area contributed by atoms with E-state index in [9.17, 15) is 4.79 Å². The maximum Gasteiger partial charge on any atom is 0.317 e. The molecule has 2 heterocycles. The fourth-order valence-electron chi connectivity index (χ4n) is 2.26. The van der Waals surface area contributed by atoms with Crippen molar-refractivity contribution < 1.29 is 4.79 Å². The Labute approximate surface area is 90.8 Å². The van der Waals surface area contributed by atoms with Gasteiger partial charge in [0.15, 0.2) is 0 Å². The van der Waals surface area contributed by atoms with Crippen molar-refractivity contribution in [2.24, 2.45) is 0 Å². The van der Waals surface area contributed by atoms with Crippen LogP contribution < -0.4 is 10.6 Å². The number of carbonyl (C=O) groups excluding carboxylic acids is 1. The molecule has 0 aromatic rings. The number of likely N-dealkylation sites (N-methyl/N-ethyl adjacent to an activating group) is 1. The van der Waals surface area contributed by atoms with Gasteiger partial charge in [-0.2, -0.15) is 0 Å². The Morgan fingerprint density at radius 1 is 1.47 bits per heavy atom. The summed E-state index contributed by atoms with van der Waals surface area (Å²) in [6, 6.07) is 0.733. The molecule has 2 aliphatic rings. The summed E-state index contributed by atoms with van der Waals surface area (Å²) >= 11 is 0. The quantitative estimate of drug-likeness (QED) is 0.648. The van der Waals surface area contributed by atoms with Crippen molar-refractivity contribution in [2.45, 2.75) is 12.5 Å². The highest BCUT2D eigenvalue weighted by Crippen LogP contribution is 2.08. The number of amides is 2. The first kappa shape index (κ1) is 10.7. The average Bonchev–Trinajstić information content (AvgIpc) is 2.84. The van der Waals surface area contributed by atoms with Gasteiger partial charge in [-0.05, 0) is 20.0 Å². The summed E-state index contributed by atoms with van der Waals surface area (Å²) in [6.07, 6.45) is 1.22. The van der Waals surface area contributed by atoms with Crippen LogP contribution in [0.2, 0.25) is 0 Å². The highest BCUT2D eigenvalue weighted by Gasteiger charge is 2.23. The number of hydrogen-bond donors (Lipinski definition) is 2. The Balaban J connectivity index is 1.68. The molecule has 2 saturated heterocycles. The van der Waals surface area contributed by atoms with Crippen LogP contribution >= 0.6 is 0 Å². The zero-order chi connectivity index (χ0) is 10.7. The van der Waals surface area contributed by atoms with Crippen molar-refractivity contribution in [3.63, 3.8) is 0 Å². The summed E-state index contributed by atoms with van der Waals surface area (Å²) in [5, 5.41) is 6.12. The van der Waals surface area contributed by atoms with Gasteiger partial charge in [0.1, 0.15) is 0 Å². The summed E-state index contributed by atoms with van der Waals surface area (Å²) in [6.45, 7) is 5.81. The maximum atomic E-state index is 11.3. The summed E-state index contributed by atoms with van der Waals surface area (Å²) in [5.74, 6) is 0. The molecule has 5 nitrogen and oxygen atoms in total. The van der Waals surface area contributed by atoms with Crippen molar-refractivity contribution in [3.05, 3.63) is 0 Å². The molecule has 1 atom stereocenters. The molecular formula is C10H20N4O. The van der Waals surface area contributed by atoms with E-state index in [0.29, 0.717) is 6.04 Å². The van der Waals surface area contributed by atoms with Crippen LogP contribution in [0.1, 0.15) is 6.42 Å². The SMILES string of the molecule is CNC1CCN(CCN2CCNC2=O)C1. The Hall–Kier alpha value is -0.810. The van der Waals surface area contributed by atoms with Crippen molar-refractivity contribution in [2.75, 3.05) is 46.3 Å². The molecule has 2 N–H and O–H groups in total. The molecule has 2 rings (SSSR count). The number of urea groups is 1. The average molecular weight is 212 g/mol. The Bertz CT molecular complexity index is 233. The number of nitrogens with zero attached hydrogens (tertiary/aromatic N) is 2. The molecule has 0 aromatic heterocycles. The third-order valence-electron chi connectivity index (χ3n) is 3.31. The van der Waals surface area contributed by atoms with Gasteiger partial charge in [0.25, 0.3) is 0 Å². The van der Waals surface area contributed by atoms with E-state index in [1.807, 2.05) is 11.9 Å². The van der Waals surface area contributed by atoms with Crippen LogP contribution in [0, 0.1) is 0 Å². The minimum atomic E-state index is 0.0966. The molecule has 0 saturated carbocycles. The lowest BCUT2D eigenvalue weighted by Crippen LogP contribution is -2.37. The van der Waals surface area contributed by atoms with Gasteiger partial charge < -0.3 is 15.5 Å². The molecule has 15 heavy (non-hydrogen) atoms. The molecule has 1 unspecified atom stereocenters. The molecule has 2 aliphatic heterocycles. The second-order valence-electron chi connectivity index (χ2n) is 4.29. The number of hydrogen-bond acceptors (Lipinski definition) is 3. The predicted molar refractivity (Wildman–Crippen MR) is 58.9 cm³/mol. The second kappa shape index (κ2) is 4.81. The van der Waals surface area contributed by atoms with E-state index in [0.717, 1.165) is 39.3 Å². The lowest BCUT2D eigenvalue weighted by Gasteiger charge is -2.20. The van der Waals surface area contributed by atoms with Gasteiger partial charge in [-0.1, -0.05) is 0 Å². The van der Waals surface area contributed by atoms with Crippen LogP contribution in [0.4, 0.5) is 4.79 Å². The van der Waals surface area contributed by atoms with Crippen LogP contribution in [-0.4, -0.2) is 68.2 Å². The van der Waals surface area contributed by atoms with Crippen LogP contribution in [0.3, 0.4) is 0 Å². The monoisotopic (exact) mass is 212 g/mol. The van der Waals surface area contributed by atoms with Crippen molar-refractivity contribution >= 4 is 6.03 Å². The van der Waals surface area contributed by atoms with E-state index < -0.39 is 0 Å². The first-order valence-electron chi connectivity index (χ1n) is 5.72. The molecule has 0 spiro atoms. The van der Waals surface area contributed by atoms with E-state index in [-0.39, 0.29) is 6.03 Å². The molecule has 86 valence electrons. The van der Waals surface area contributed by atoms with Crippen molar-refractivity contribution in [1.82, 2.24) is 20.4 Å². The summed E-state index contributed by atoms with van der Waals surface area (Å²) in [7, 11) is 2.02. The molecule has 0 aliphatic carbocycles. The first-order chi connectivity index (χ1) is 7.29. The maximum absolute atomic E-state index is 11.3. The molecule has 2 amide bonds. The largest absolute Gasteiger partial charge is 0.336 e. The lowest BCUT2D eigenvalue weighted by molar-refractivity contribution is 0.208. The van der Waals surface area contributed by atoms with E-state index in [1.54, 1.807) is 0 Å². The zero-order valence-corrected chi connectivity index (χ0v) is 9.33. The fourth-order valence-corrected chi connectivity index (χ4v) is 2.26. The van der Waals surface area contributed by atoms with E-state index >= 15 is 0 Å². The van der Waals surface area contributed by atoms with Crippen LogP contribution in [0.25, 0.3) is 0 Å². The predicted octanol–water partition coefficient (Wildman–Crippen LogP) is -0.695. The number of likely N-dealkylation sites (tertiary alicyclic amines) is 1. The van der Waals surface area contributed by atoms with Gasteiger partial charge in [0.2, 0.25) is 0 Å². The molecule has 5 heteroatoms. The normalized spacial score (nSPS) is 27.4. The van der Waals surface area contributed by atoms with Gasteiger partial charge >= 0.3 is 6.03 Å². The lowest BCUT2D eigenvalue weighted by atomic mass is 10.3. The summed E-state index contributed by atoms with van der Waals surface area (Å²) < 4.78 is 0. The Morgan fingerprint density at radius 2 is 2.33 bits per heavy atom. The summed E-state index contributed by atoms with van der Waals surface area (Å²) in [4.78, 5) is 15.6. The van der Waals surface area contributed by atoms with Gasteiger partial charge in [-0.25, -0.2) is 4.79 Å². The Kier molecular flexibility index (Phi) is 3.43. The number of carbonyl (C=O) groups is 1. The van der Waals surface area contributed by atoms with E-state index in [1.165, 1.54) is 6.42 Å². The second-order valence-corrected chi connectivity index (χ2v) is 4.29. The van der Waals surface area contributed by atoms with Crippen LogP contribution in [0.5, 0.6) is 0 Å². The van der Waals surface area contributed by atoms with Crippen molar-refractivity contribution in [3.8, 4) is 0 Å². The minimum absolute atomic E-state index is 0.0966. The highest BCUT2D eigenvalue weighted by molar-refractivity contribution is 5.76. The first-order valence-corrected chi connectivity index (χ1v) is 5.72.